The van der Waals surface area contributed by atoms with Crippen molar-refractivity contribution in [3.05, 3.63) is 57.2 Å². The SMILES string of the molecule is COC(=O)C1=C(C2CC2)NC(C2CC2)=C(C(=O)OC)C1c1csc2c(C(=O)OC)cccc12. The van der Waals surface area contributed by atoms with Crippen LogP contribution in [0.4, 0.5) is 0 Å². The number of allylic oxidation sites excluding steroid dienone is 2. The van der Waals surface area contributed by atoms with Gasteiger partial charge in [-0.15, -0.1) is 11.3 Å². The lowest BCUT2D eigenvalue weighted by Crippen LogP contribution is -2.35. The summed E-state index contributed by atoms with van der Waals surface area (Å²) in [5.74, 6) is -1.51. The fourth-order valence-electron chi connectivity index (χ4n) is 4.68. The number of ether oxygens (including phenoxy) is 3. The number of thiophene rings is 1. The van der Waals surface area contributed by atoms with Gasteiger partial charge in [-0.3, -0.25) is 0 Å². The molecule has 0 spiro atoms. The predicted molar refractivity (Wildman–Crippen MR) is 123 cm³/mol. The van der Waals surface area contributed by atoms with Crippen LogP contribution in [0.15, 0.2) is 46.1 Å². The first-order valence-electron chi connectivity index (χ1n) is 11.0. The van der Waals surface area contributed by atoms with E-state index in [-0.39, 0.29) is 11.8 Å². The van der Waals surface area contributed by atoms with E-state index >= 15 is 0 Å². The average molecular weight is 468 g/mol. The smallest absolute Gasteiger partial charge is 0.339 e. The summed E-state index contributed by atoms with van der Waals surface area (Å²) in [6, 6.07) is 5.42. The molecular formula is C25H25NO6S. The van der Waals surface area contributed by atoms with Gasteiger partial charge in [0.25, 0.3) is 0 Å². The molecule has 1 aliphatic heterocycles. The third-order valence-electron chi connectivity index (χ3n) is 6.55. The quantitative estimate of drug-likeness (QED) is 0.506. The highest BCUT2D eigenvalue weighted by Gasteiger charge is 2.47. The Hall–Kier alpha value is -3.13. The van der Waals surface area contributed by atoms with Crippen LogP contribution in [0.3, 0.4) is 0 Å². The first-order chi connectivity index (χ1) is 16.0. The molecule has 1 aromatic heterocycles. The van der Waals surface area contributed by atoms with Gasteiger partial charge in [0.05, 0.1) is 44.0 Å². The number of methoxy groups -OCH3 is 3. The molecular weight excluding hydrogens is 442 g/mol. The molecule has 0 bridgehead atoms. The van der Waals surface area contributed by atoms with Crippen molar-refractivity contribution in [1.82, 2.24) is 5.32 Å². The molecule has 3 aliphatic rings. The van der Waals surface area contributed by atoms with E-state index in [0.29, 0.717) is 16.7 Å². The molecule has 2 fully saturated rings. The van der Waals surface area contributed by atoms with Crippen LogP contribution in [-0.2, 0) is 23.8 Å². The van der Waals surface area contributed by atoms with Crippen LogP contribution in [0.25, 0.3) is 10.1 Å². The van der Waals surface area contributed by atoms with E-state index in [4.69, 9.17) is 14.2 Å². The molecule has 0 unspecified atom stereocenters. The maximum Gasteiger partial charge on any atom is 0.339 e. The number of dihydropyridines is 1. The highest BCUT2D eigenvalue weighted by atomic mass is 32.1. The van der Waals surface area contributed by atoms with Gasteiger partial charge < -0.3 is 19.5 Å². The van der Waals surface area contributed by atoms with E-state index in [1.54, 1.807) is 12.1 Å². The lowest BCUT2D eigenvalue weighted by molar-refractivity contribution is -0.137. The van der Waals surface area contributed by atoms with E-state index in [1.165, 1.54) is 32.7 Å². The van der Waals surface area contributed by atoms with E-state index in [2.05, 4.69) is 5.32 Å². The number of fused-ring (bicyclic) bond motifs is 1. The largest absolute Gasteiger partial charge is 0.466 e. The van der Waals surface area contributed by atoms with Crippen molar-refractivity contribution in [1.29, 1.82) is 0 Å². The standard InChI is InChI=1S/C25H25NO6S/c1-30-23(27)15-6-4-5-14-16(11-33-22(14)15)17-18(24(28)31-2)20(12-7-8-12)26-21(13-9-10-13)19(17)25(29)32-3/h4-6,11-13,17,26H,7-10H2,1-3H3. The maximum absolute atomic E-state index is 13.2. The number of esters is 3. The number of carbonyl (C=O) groups is 3. The minimum Gasteiger partial charge on any atom is -0.466 e. The van der Waals surface area contributed by atoms with Crippen LogP contribution in [0, 0.1) is 11.8 Å². The number of hydrogen-bond donors (Lipinski definition) is 1. The van der Waals surface area contributed by atoms with E-state index in [1.807, 2.05) is 11.4 Å². The zero-order valence-corrected chi connectivity index (χ0v) is 19.5. The second kappa shape index (κ2) is 8.33. The van der Waals surface area contributed by atoms with Crippen molar-refractivity contribution in [2.75, 3.05) is 21.3 Å². The van der Waals surface area contributed by atoms with Crippen LogP contribution >= 0.6 is 11.3 Å². The minimum atomic E-state index is -0.640. The van der Waals surface area contributed by atoms with Crippen molar-refractivity contribution in [3.8, 4) is 0 Å². The van der Waals surface area contributed by atoms with Gasteiger partial charge in [-0.05, 0) is 59.9 Å². The Bertz CT molecular complexity index is 1180. The number of carbonyl (C=O) groups excluding carboxylic acids is 3. The second-order valence-corrected chi connectivity index (χ2v) is 9.49. The molecule has 2 aromatic rings. The van der Waals surface area contributed by atoms with Crippen molar-refractivity contribution in [2.24, 2.45) is 11.8 Å². The molecule has 172 valence electrons. The van der Waals surface area contributed by atoms with Crippen LogP contribution in [0.2, 0.25) is 0 Å². The fraction of sp³-hybridized carbons (Fsp3) is 0.400. The first kappa shape index (κ1) is 21.7. The van der Waals surface area contributed by atoms with Gasteiger partial charge in [0.15, 0.2) is 0 Å². The fourth-order valence-corrected chi connectivity index (χ4v) is 5.78. The number of nitrogens with one attached hydrogen (secondary N) is 1. The van der Waals surface area contributed by atoms with Gasteiger partial charge in [-0.2, -0.15) is 0 Å². The highest BCUT2D eigenvalue weighted by Crippen LogP contribution is 2.52. The second-order valence-electron chi connectivity index (χ2n) is 8.61. The van der Waals surface area contributed by atoms with Crippen molar-refractivity contribution in [3.63, 3.8) is 0 Å². The monoisotopic (exact) mass is 467 g/mol. The molecule has 1 aromatic carbocycles. The van der Waals surface area contributed by atoms with Gasteiger partial charge in [0, 0.05) is 16.1 Å². The van der Waals surface area contributed by atoms with Gasteiger partial charge in [-0.25, -0.2) is 14.4 Å². The van der Waals surface area contributed by atoms with Crippen LogP contribution in [0.1, 0.15) is 47.5 Å². The van der Waals surface area contributed by atoms with Gasteiger partial charge in [0.2, 0.25) is 0 Å². The van der Waals surface area contributed by atoms with Gasteiger partial charge >= 0.3 is 17.9 Å². The number of hydrogen-bond acceptors (Lipinski definition) is 8. The third-order valence-corrected chi connectivity index (χ3v) is 7.60. The summed E-state index contributed by atoms with van der Waals surface area (Å²) in [5.41, 5.74) is 3.85. The summed E-state index contributed by atoms with van der Waals surface area (Å²) in [4.78, 5) is 38.7. The van der Waals surface area contributed by atoms with Crippen LogP contribution < -0.4 is 5.32 Å². The van der Waals surface area contributed by atoms with Crippen LogP contribution in [0.5, 0.6) is 0 Å². The molecule has 5 rings (SSSR count). The van der Waals surface area contributed by atoms with Crippen molar-refractivity contribution >= 4 is 39.3 Å². The average Bonchev–Trinajstić information content (AvgIpc) is 3.77. The molecule has 8 heteroatoms. The molecule has 0 radical (unpaired) electrons. The van der Waals surface area contributed by atoms with E-state index in [9.17, 15) is 14.4 Å². The summed E-state index contributed by atoms with van der Waals surface area (Å²) in [5, 5.41) is 6.21. The Morgan fingerprint density at radius 2 is 1.39 bits per heavy atom. The Balaban J connectivity index is 1.78. The Kier molecular flexibility index (Phi) is 5.48. The Morgan fingerprint density at radius 3 is 1.88 bits per heavy atom. The summed E-state index contributed by atoms with van der Waals surface area (Å²) in [7, 11) is 4.06. The lowest BCUT2D eigenvalue weighted by Gasteiger charge is -2.32. The summed E-state index contributed by atoms with van der Waals surface area (Å²) < 4.78 is 16.1. The first-order valence-corrected chi connectivity index (χ1v) is 11.9. The molecule has 2 heterocycles. The van der Waals surface area contributed by atoms with Crippen molar-refractivity contribution < 1.29 is 28.6 Å². The molecule has 7 nitrogen and oxygen atoms in total. The normalized spacial score (nSPS) is 18.9. The number of benzene rings is 1. The van der Waals surface area contributed by atoms with Gasteiger partial charge in [-0.1, -0.05) is 12.1 Å². The zero-order chi connectivity index (χ0) is 23.3. The zero-order valence-electron chi connectivity index (χ0n) is 18.7. The molecule has 0 amide bonds. The van der Waals surface area contributed by atoms with E-state index in [0.717, 1.165) is 52.7 Å². The Morgan fingerprint density at radius 1 is 0.848 bits per heavy atom. The molecule has 33 heavy (non-hydrogen) atoms. The minimum absolute atomic E-state index is 0.241. The summed E-state index contributed by atoms with van der Waals surface area (Å²) in [6.07, 6.45) is 3.94. The molecule has 0 atom stereocenters. The summed E-state index contributed by atoms with van der Waals surface area (Å²) >= 11 is 1.40. The molecule has 2 aliphatic carbocycles. The highest BCUT2D eigenvalue weighted by molar-refractivity contribution is 7.17. The Labute approximate surface area is 195 Å². The molecule has 1 N–H and O–H groups in total. The van der Waals surface area contributed by atoms with Gasteiger partial charge in [0.1, 0.15) is 0 Å². The van der Waals surface area contributed by atoms with E-state index < -0.39 is 23.8 Å². The molecule has 2 saturated carbocycles. The summed E-state index contributed by atoms with van der Waals surface area (Å²) in [6.45, 7) is 0. The van der Waals surface area contributed by atoms with Crippen LogP contribution in [-0.4, -0.2) is 39.2 Å². The maximum atomic E-state index is 13.2. The van der Waals surface area contributed by atoms with Crippen molar-refractivity contribution in [2.45, 2.75) is 31.6 Å². The predicted octanol–water partition coefficient (Wildman–Crippen LogP) is 4.05. The third kappa shape index (κ3) is 3.62. The lowest BCUT2D eigenvalue weighted by atomic mass is 9.78. The topological polar surface area (TPSA) is 90.9 Å². The molecule has 0 saturated heterocycles. The number of rotatable bonds is 6.